The molecule has 3 rings (SSSR count). The van der Waals surface area contributed by atoms with Crippen molar-refractivity contribution in [3.63, 3.8) is 0 Å². The second kappa shape index (κ2) is 5.33. The van der Waals surface area contributed by atoms with Crippen LogP contribution < -0.4 is 5.73 Å². The summed E-state index contributed by atoms with van der Waals surface area (Å²) in [5.74, 6) is -0.379. The molecule has 0 radical (unpaired) electrons. The van der Waals surface area contributed by atoms with Gasteiger partial charge in [0, 0.05) is 19.9 Å². The third-order valence-corrected chi connectivity index (χ3v) is 4.70. The molecule has 2 heterocycles. The number of nitrogen functional groups attached to an aromatic ring is 1. The molecule has 21 heavy (non-hydrogen) atoms. The topological polar surface area (TPSA) is 79.4 Å². The van der Waals surface area contributed by atoms with Crippen molar-refractivity contribution in [1.29, 1.82) is 0 Å². The summed E-state index contributed by atoms with van der Waals surface area (Å²) in [4.78, 5) is 12.4. The zero-order valence-corrected chi connectivity index (χ0v) is 12.7. The third-order valence-electron chi connectivity index (χ3n) is 4.70. The standard InChI is InChI=1S/C15H23N3O3/c1-10-12(16)13(18(2)17-10)14(19)21-11-5-8-20-15(9-11)6-3-4-7-15/h11H,3-9,16H2,1-2H3. The second-order valence-electron chi connectivity index (χ2n) is 6.23. The van der Waals surface area contributed by atoms with Gasteiger partial charge < -0.3 is 15.2 Å². The number of nitrogens with two attached hydrogens (primary N) is 1. The van der Waals surface area contributed by atoms with Crippen LogP contribution in [-0.2, 0) is 16.5 Å². The minimum absolute atomic E-state index is 0.0584. The number of anilines is 1. The second-order valence-corrected chi connectivity index (χ2v) is 6.23. The molecule has 2 fully saturated rings. The van der Waals surface area contributed by atoms with Crippen molar-refractivity contribution in [2.24, 2.45) is 7.05 Å². The van der Waals surface area contributed by atoms with E-state index in [2.05, 4.69) is 5.10 Å². The summed E-state index contributed by atoms with van der Waals surface area (Å²) in [6.07, 6.45) is 6.03. The molecule has 116 valence electrons. The van der Waals surface area contributed by atoms with Crippen LogP contribution in [0.15, 0.2) is 0 Å². The van der Waals surface area contributed by atoms with Gasteiger partial charge in [0.2, 0.25) is 0 Å². The molecule has 1 aliphatic heterocycles. The van der Waals surface area contributed by atoms with Crippen molar-refractivity contribution in [3.8, 4) is 0 Å². The Kier molecular flexibility index (Phi) is 3.65. The predicted octanol–water partition coefficient (Wildman–Crippen LogP) is 1.96. The molecule has 2 aliphatic rings. The number of rotatable bonds is 2. The number of aryl methyl sites for hydroxylation is 2. The van der Waals surface area contributed by atoms with Gasteiger partial charge in [0.05, 0.1) is 23.6 Å². The van der Waals surface area contributed by atoms with Crippen LogP contribution in [0.3, 0.4) is 0 Å². The van der Waals surface area contributed by atoms with Crippen molar-refractivity contribution in [1.82, 2.24) is 9.78 Å². The van der Waals surface area contributed by atoms with Crippen LogP contribution in [0, 0.1) is 6.92 Å². The highest BCUT2D eigenvalue weighted by Crippen LogP contribution is 2.40. The first-order valence-corrected chi connectivity index (χ1v) is 7.65. The van der Waals surface area contributed by atoms with E-state index in [-0.39, 0.29) is 17.7 Å². The average molecular weight is 293 g/mol. The van der Waals surface area contributed by atoms with Gasteiger partial charge >= 0.3 is 5.97 Å². The Morgan fingerprint density at radius 3 is 2.81 bits per heavy atom. The van der Waals surface area contributed by atoms with Gasteiger partial charge in [0.1, 0.15) is 6.10 Å². The highest BCUT2D eigenvalue weighted by molar-refractivity contribution is 5.93. The van der Waals surface area contributed by atoms with Crippen molar-refractivity contribution in [2.75, 3.05) is 12.3 Å². The number of carbonyl (C=O) groups excluding carboxylic acids is 1. The van der Waals surface area contributed by atoms with Crippen LogP contribution in [0.4, 0.5) is 5.69 Å². The first-order valence-electron chi connectivity index (χ1n) is 7.65. The Morgan fingerprint density at radius 1 is 1.48 bits per heavy atom. The lowest BCUT2D eigenvalue weighted by Crippen LogP contribution is -2.41. The summed E-state index contributed by atoms with van der Waals surface area (Å²) in [5, 5.41) is 4.16. The van der Waals surface area contributed by atoms with E-state index in [4.69, 9.17) is 15.2 Å². The molecule has 6 nitrogen and oxygen atoms in total. The van der Waals surface area contributed by atoms with Crippen molar-refractivity contribution in [3.05, 3.63) is 11.4 Å². The van der Waals surface area contributed by atoms with Gasteiger partial charge in [-0.25, -0.2) is 4.79 Å². The van der Waals surface area contributed by atoms with Crippen LogP contribution >= 0.6 is 0 Å². The minimum Gasteiger partial charge on any atom is -0.457 e. The number of aromatic nitrogens is 2. The van der Waals surface area contributed by atoms with Gasteiger partial charge in [-0.2, -0.15) is 5.10 Å². The molecule has 1 aromatic heterocycles. The Hall–Kier alpha value is -1.56. The number of nitrogens with zero attached hydrogens (tertiary/aromatic N) is 2. The fraction of sp³-hybridized carbons (Fsp3) is 0.733. The van der Waals surface area contributed by atoms with E-state index in [9.17, 15) is 4.79 Å². The number of hydrogen-bond acceptors (Lipinski definition) is 5. The van der Waals surface area contributed by atoms with E-state index in [1.165, 1.54) is 17.5 Å². The SMILES string of the molecule is Cc1nn(C)c(C(=O)OC2CCOC3(CCCC3)C2)c1N. The third kappa shape index (κ3) is 2.64. The maximum atomic E-state index is 12.4. The smallest absolute Gasteiger partial charge is 0.359 e. The monoisotopic (exact) mass is 293 g/mol. The largest absolute Gasteiger partial charge is 0.457 e. The fourth-order valence-electron chi connectivity index (χ4n) is 3.57. The number of ether oxygens (including phenoxy) is 2. The molecule has 2 N–H and O–H groups in total. The average Bonchev–Trinajstić information content (AvgIpc) is 2.96. The number of hydrogen-bond donors (Lipinski definition) is 1. The van der Waals surface area contributed by atoms with Crippen LogP contribution in [0.2, 0.25) is 0 Å². The van der Waals surface area contributed by atoms with Crippen LogP contribution in [0.25, 0.3) is 0 Å². The lowest BCUT2D eigenvalue weighted by Gasteiger charge is -2.37. The van der Waals surface area contributed by atoms with E-state index in [1.54, 1.807) is 14.0 Å². The molecule has 6 heteroatoms. The van der Waals surface area contributed by atoms with Gasteiger partial charge in [0.25, 0.3) is 0 Å². The van der Waals surface area contributed by atoms with Crippen molar-refractivity contribution < 1.29 is 14.3 Å². The molecule has 0 aromatic carbocycles. The van der Waals surface area contributed by atoms with E-state index >= 15 is 0 Å². The van der Waals surface area contributed by atoms with Gasteiger partial charge in [-0.05, 0) is 19.8 Å². The van der Waals surface area contributed by atoms with Gasteiger partial charge in [-0.1, -0.05) is 12.8 Å². The molecule has 1 unspecified atom stereocenters. The van der Waals surface area contributed by atoms with Crippen LogP contribution in [0.1, 0.15) is 54.7 Å². The summed E-state index contributed by atoms with van der Waals surface area (Å²) < 4.78 is 13.1. The van der Waals surface area contributed by atoms with Gasteiger partial charge in [0.15, 0.2) is 5.69 Å². The van der Waals surface area contributed by atoms with Crippen molar-refractivity contribution >= 4 is 11.7 Å². The maximum Gasteiger partial charge on any atom is 0.359 e. The molecule has 1 spiro atoms. The maximum absolute atomic E-state index is 12.4. The van der Waals surface area contributed by atoms with E-state index in [1.807, 2.05) is 0 Å². The molecule has 1 aromatic rings. The summed E-state index contributed by atoms with van der Waals surface area (Å²) in [7, 11) is 1.71. The Balaban J connectivity index is 1.70. The Labute approximate surface area is 124 Å². The van der Waals surface area contributed by atoms with Crippen LogP contribution in [0.5, 0.6) is 0 Å². The summed E-state index contributed by atoms with van der Waals surface area (Å²) in [6.45, 7) is 2.45. The van der Waals surface area contributed by atoms with Crippen molar-refractivity contribution in [2.45, 2.75) is 57.2 Å². The Morgan fingerprint density at radius 2 is 2.19 bits per heavy atom. The van der Waals surface area contributed by atoms with E-state index < -0.39 is 0 Å². The predicted molar refractivity (Wildman–Crippen MR) is 77.9 cm³/mol. The summed E-state index contributed by atoms with van der Waals surface area (Å²) in [5.41, 5.74) is 7.27. The lowest BCUT2D eigenvalue weighted by molar-refractivity contribution is -0.117. The first kappa shape index (κ1) is 14.4. The van der Waals surface area contributed by atoms with E-state index in [0.717, 1.165) is 25.7 Å². The zero-order valence-electron chi connectivity index (χ0n) is 12.7. The zero-order chi connectivity index (χ0) is 15.0. The molecule has 1 saturated heterocycles. The van der Waals surface area contributed by atoms with Gasteiger partial charge in [-0.15, -0.1) is 0 Å². The number of esters is 1. The van der Waals surface area contributed by atoms with E-state index in [0.29, 0.717) is 23.7 Å². The molecular weight excluding hydrogens is 270 g/mol. The molecule has 1 aliphatic carbocycles. The quantitative estimate of drug-likeness (QED) is 0.843. The molecule has 0 amide bonds. The molecular formula is C15H23N3O3. The molecule has 1 saturated carbocycles. The van der Waals surface area contributed by atoms with Crippen LogP contribution in [-0.4, -0.2) is 34.1 Å². The summed E-state index contributed by atoms with van der Waals surface area (Å²) in [6, 6.07) is 0. The normalized spacial score (nSPS) is 24.4. The highest BCUT2D eigenvalue weighted by Gasteiger charge is 2.41. The summed E-state index contributed by atoms with van der Waals surface area (Å²) >= 11 is 0. The molecule has 1 atom stereocenters. The first-order chi connectivity index (χ1) is 10.0. The minimum atomic E-state index is -0.379. The van der Waals surface area contributed by atoms with Gasteiger partial charge in [-0.3, -0.25) is 4.68 Å². The fourth-order valence-corrected chi connectivity index (χ4v) is 3.57. The Bertz CT molecular complexity index is 547. The lowest BCUT2D eigenvalue weighted by atomic mass is 9.90. The molecule has 0 bridgehead atoms. The highest BCUT2D eigenvalue weighted by atomic mass is 16.6. The number of carbonyl (C=O) groups is 1.